The minimum absolute atomic E-state index is 0.0700. The number of nitrogens with one attached hydrogen (secondary N) is 1. The number of rotatable bonds is 7. The number of hydrogen-bond donors (Lipinski definition) is 1. The molecule has 0 unspecified atom stereocenters. The second kappa shape index (κ2) is 8.30. The third-order valence-electron chi connectivity index (χ3n) is 3.75. The van der Waals surface area contributed by atoms with Crippen molar-refractivity contribution in [1.29, 1.82) is 0 Å². The Balaban J connectivity index is 1.75. The molecule has 0 fully saturated rings. The molecule has 1 aromatic heterocycles. The van der Waals surface area contributed by atoms with Gasteiger partial charge in [0.1, 0.15) is 11.6 Å². The lowest BCUT2D eigenvalue weighted by Gasteiger charge is -2.12. The number of para-hydroxylation sites is 1. The van der Waals surface area contributed by atoms with Crippen molar-refractivity contribution < 1.29 is 26.3 Å². The fourth-order valence-electron chi connectivity index (χ4n) is 2.39. The first-order chi connectivity index (χ1) is 13.4. The van der Waals surface area contributed by atoms with Gasteiger partial charge in [0.2, 0.25) is 15.7 Å². The van der Waals surface area contributed by atoms with Crippen LogP contribution in [0.5, 0.6) is 11.6 Å². The summed E-state index contributed by atoms with van der Waals surface area (Å²) >= 11 is 0. The number of nitrogens with zero attached hydrogens (tertiary/aromatic N) is 1. The van der Waals surface area contributed by atoms with E-state index in [0.29, 0.717) is 11.3 Å². The summed E-state index contributed by atoms with van der Waals surface area (Å²) in [4.78, 5) is 3.58. The number of anilines is 1. The molecule has 0 spiro atoms. The van der Waals surface area contributed by atoms with Crippen molar-refractivity contribution in [3.05, 3.63) is 78.2 Å². The first kappa shape index (κ1) is 19.7. The van der Waals surface area contributed by atoms with Crippen LogP contribution in [0.4, 0.5) is 18.9 Å². The van der Waals surface area contributed by atoms with Gasteiger partial charge in [-0.3, -0.25) is 0 Å². The third-order valence-corrected chi connectivity index (χ3v) is 5.18. The van der Waals surface area contributed by atoms with Gasteiger partial charge in [-0.05, 0) is 48.0 Å². The van der Waals surface area contributed by atoms with Gasteiger partial charge in [0, 0.05) is 18.8 Å². The molecule has 5 nitrogen and oxygen atoms in total. The van der Waals surface area contributed by atoms with Gasteiger partial charge in [-0.1, -0.05) is 12.1 Å². The van der Waals surface area contributed by atoms with Crippen molar-refractivity contribution in [3.8, 4) is 11.6 Å². The number of sulfone groups is 1. The zero-order chi connectivity index (χ0) is 20.1. The SMILES string of the molecule is O=S(=O)(c1ccccc1NCc1ccnc(Oc2ccc(F)cc2)c1)C(F)F. The van der Waals surface area contributed by atoms with E-state index in [4.69, 9.17) is 4.74 Å². The predicted molar refractivity (Wildman–Crippen MR) is 97.7 cm³/mol. The fourth-order valence-corrected chi connectivity index (χ4v) is 3.30. The van der Waals surface area contributed by atoms with Crippen LogP contribution in [0.3, 0.4) is 0 Å². The Morgan fingerprint density at radius 1 is 1.04 bits per heavy atom. The lowest BCUT2D eigenvalue weighted by Crippen LogP contribution is -2.14. The number of alkyl halides is 2. The summed E-state index contributed by atoms with van der Waals surface area (Å²) in [7, 11) is -4.73. The van der Waals surface area contributed by atoms with E-state index in [0.717, 1.165) is 6.07 Å². The minimum atomic E-state index is -4.73. The van der Waals surface area contributed by atoms with Gasteiger partial charge < -0.3 is 10.1 Å². The normalized spacial score (nSPS) is 11.4. The van der Waals surface area contributed by atoms with Gasteiger partial charge in [-0.2, -0.15) is 8.78 Å². The molecule has 0 bridgehead atoms. The molecule has 1 heterocycles. The zero-order valence-corrected chi connectivity index (χ0v) is 15.2. The Hall–Kier alpha value is -3.07. The molecule has 1 N–H and O–H groups in total. The molecule has 3 aromatic rings. The van der Waals surface area contributed by atoms with Crippen LogP contribution >= 0.6 is 0 Å². The second-order valence-electron chi connectivity index (χ2n) is 5.71. The number of aromatic nitrogens is 1. The number of ether oxygens (including phenoxy) is 1. The third kappa shape index (κ3) is 4.61. The van der Waals surface area contributed by atoms with E-state index < -0.39 is 26.3 Å². The maximum atomic E-state index is 12.9. The highest BCUT2D eigenvalue weighted by molar-refractivity contribution is 7.91. The maximum Gasteiger partial charge on any atom is 0.341 e. The second-order valence-corrected chi connectivity index (χ2v) is 7.60. The van der Waals surface area contributed by atoms with Gasteiger partial charge in [-0.15, -0.1) is 0 Å². The topological polar surface area (TPSA) is 68.3 Å². The van der Waals surface area contributed by atoms with Crippen LogP contribution in [-0.2, 0) is 16.4 Å². The van der Waals surface area contributed by atoms with Crippen molar-refractivity contribution in [2.75, 3.05) is 5.32 Å². The van der Waals surface area contributed by atoms with Crippen molar-refractivity contribution in [3.63, 3.8) is 0 Å². The van der Waals surface area contributed by atoms with Crippen LogP contribution in [0.2, 0.25) is 0 Å². The van der Waals surface area contributed by atoms with Crippen LogP contribution in [-0.4, -0.2) is 19.2 Å². The largest absolute Gasteiger partial charge is 0.439 e. The minimum Gasteiger partial charge on any atom is -0.439 e. The molecule has 0 aliphatic rings. The highest BCUT2D eigenvalue weighted by Gasteiger charge is 2.28. The molecule has 0 saturated heterocycles. The first-order valence-electron chi connectivity index (χ1n) is 8.09. The molecule has 0 aliphatic heterocycles. The van der Waals surface area contributed by atoms with Crippen molar-refractivity contribution in [2.45, 2.75) is 17.2 Å². The summed E-state index contributed by atoms with van der Waals surface area (Å²) in [6, 6.07) is 14.1. The highest BCUT2D eigenvalue weighted by Crippen LogP contribution is 2.27. The standard InChI is InChI=1S/C19H15F3N2O3S/c20-14-5-7-15(8-6-14)27-18-11-13(9-10-23-18)12-24-16-3-1-2-4-17(16)28(25,26)19(21)22/h1-11,19,24H,12H2. The molecule has 0 amide bonds. The average molecular weight is 408 g/mol. The van der Waals surface area contributed by atoms with Gasteiger partial charge in [0.05, 0.1) is 10.6 Å². The molecular weight excluding hydrogens is 393 g/mol. The molecular formula is C19H15F3N2O3S. The molecule has 146 valence electrons. The number of hydrogen-bond acceptors (Lipinski definition) is 5. The van der Waals surface area contributed by atoms with Crippen LogP contribution in [0, 0.1) is 5.82 Å². The summed E-state index contributed by atoms with van der Waals surface area (Å²) in [5, 5.41) is 2.84. The number of pyridine rings is 1. The van der Waals surface area contributed by atoms with E-state index in [2.05, 4.69) is 10.3 Å². The van der Waals surface area contributed by atoms with E-state index in [1.807, 2.05) is 0 Å². The smallest absolute Gasteiger partial charge is 0.341 e. The van der Waals surface area contributed by atoms with E-state index in [1.165, 1.54) is 42.6 Å². The molecule has 2 aromatic carbocycles. The first-order valence-corrected chi connectivity index (χ1v) is 9.64. The molecule has 0 saturated carbocycles. The fraction of sp³-hybridized carbons (Fsp3) is 0.105. The molecule has 28 heavy (non-hydrogen) atoms. The van der Waals surface area contributed by atoms with Crippen molar-refractivity contribution in [1.82, 2.24) is 4.98 Å². The molecule has 0 atom stereocenters. The van der Waals surface area contributed by atoms with E-state index in [-0.39, 0.29) is 18.1 Å². The molecule has 9 heteroatoms. The monoisotopic (exact) mass is 408 g/mol. The van der Waals surface area contributed by atoms with Gasteiger partial charge in [0.25, 0.3) is 0 Å². The summed E-state index contributed by atoms with van der Waals surface area (Å²) in [5.41, 5.74) is 0.747. The van der Waals surface area contributed by atoms with Crippen molar-refractivity contribution in [2.24, 2.45) is 0 Å². The molecule has 3 rings (SSSR count). The Kier molecular flexibility index (Phi) is 5.84. The molecule has 0 aliphatic carbocycles. The summed E-state index contributed by atoms with van der Waals surface area (Å²) in [6.45, 7) is 0.151. The lowest BCUT2D eigenvalue weighted by molar-refractivity contribution is 0.235. The maximum absolute atomic E-state index is 12.9. The highest BCUT2D eigenvalue weighted by atomic mass is 32.2. The summed E-state index contributed by atoms with van der Waals surface area (Å²) in [5.74, 6) is -3.26. The summed E-state index contributed by atoms with van der Waals surface area (Å²) < 4.78 is 67.8. The number of benzene rings is 2. The van der Waals surface area contributed by atoms with Crippen LogP contribution in [0.25, 0.3) is 0 Å². The van der Waals surface area contributed by atoms with Gasteiger partial charge in [0.15, 0.2) is 0 Å². The van der Waals surface area contributed by atoms with E-state index >= 15 is 0 Å². The lowest BCUT2D eigenvalue weighted by atomic mass is 10.2. The quantitative estimate of drug-likeness (QED) is 0.618. The van der Waals surface area contributed by atoms with E-state index in [1.54, 1.807) is 18.2 Å². The van der Waals surface area contributed by atoms with Gasteiger partial charge in [-0.25, -0.2) is 17.8 Å². The predicted octanol–water partition coefficient (Wildman–Crippen LogP) is 4.62. The van der Waals surface area contributed by atoms with Crippen molar-refractivity contribution >= 4 is 15.5 Å². The van der Waals surface area contributed by atoms with Crippen LogP contribution < -0.4 is 10.1 Å². The Morgan fingerprint density at radius 2 is 1.75 bits per heavy atom. The van der Waals surface area contributed by atoms with Crippen LogP contribution in [0.15, 0.2) is 71.8 Å². The van der Waals surface area contributed by atoms with Gasteiger partial charge >= 0.3 is 5.76 Å². The summed E-state index contributed by atoms with van der Waals surface area (Å²) in [6.07, 6.45) is 1.48. The average Bonchev–Trinajstić information content (AvgIpc) is 2.68. The zero-order valence-electron chi connectivity index (χ0n) is 14.3. The Morgan fingerprint density at radius 3 is 2.46 bits per heavy atom. The Labute approximate surface area is 159 Å². The van der Waals surface area contributed by atoms with E-state index in [9.17, 15) is 21.6 Å². The van der Waals surface area contributed by atoms with Crippen LogP contribution in [0.1, 0.15) is 5.56 Å². The molecule has 0 radical (unpaired) electrons. The number of halogens is 3. The Bertz CT molecular complexity index is 1060.